The average molecular weight is 267 g/mol. The van der Waals surface area contributed by atoms with Crippen molar-refractivity contribution >= 4 is 22.9 Å². The van der Waals surface area contributed by atoms with E-state index in [2.05, 4.69) is 23.0 Å². The minimum atomic E-state index is 0.229. The quantitative estimate of drug-likeness (QED) is 0.885. The highest BCUT2D eigenvalue weighted by Gasteiger charge is 2.18. The van der Waals surface area contributed by atoms with Crippen LogP contribution >= 0.6 is 22.9 Å². The van der Waals surface area contributed by atoms with Crippen LogP contribution in [0.1, 0.15) is 34.9 Å². The van der Waals surface area contributed by atoms with E-state index in [1.165, 1.54) is 28.8 Å². The molecule has 1 aliphatic rings. The van der Waals surface area contributed by atoms with E-state index in [0.717, 1.165) is 17.3 Å². The molecule has 0 aliphatic heterocycles. The Balaban J connectivity index is 1.85. The highest BCUT2D eigenvalue weighted by molar-refractivity contribution is 7.16. The number of fused-ring (bicyclic) bond motifs is 1. The molecule has 0 amide bonds. The summed E-state index contributed by atoms with van der Waals surface area (Å²) in [5.41, 5.74) is 8.88. The molecule has 0 spiro atoms. The minimum absolute atomic E-state index is 0.229. The first-order valence-corrected chi connectivity index (χ1v) is 7.10. The predicted octanol–water partition coefficient (Wildman–Crippen LogP) is 3.59. The maximum absolute atomic E-state index is 6.13. The Kier molecular flexibility index (Phi) is 2.99. The molecule has 0 fully saturated rings. The Hall–Kier alpha value is -0.770. The van der Waals surface area contributed by atoms with Gasteiger partial charge in [0.2, 0.25) is 0 Å². The van der Waals surface area contributed by atoms with Crippen LogP contribution in [0.5, 0.6) is 0 Å². The normalized spacial score (nSPS) is 19.3. The SMILES string of the molecule is NC1CCCc2cn(Cc3ccc(Cl)s3)cc21. The molecule has 1 aliphatic carbocycles. The Morgan fingerprint density at radius 2 is 2.29 bits per heavy atom. The summed E-state index contributed by atoms with van der Waals surface area (Å²) in [6.45, 7) is 0.900. The number of hydrogen-bond acceptors (Lipinski definition) is 2. The van der Waals surface area contributed by atoms with Crippen LogP contribution in [0.3, 0.4) is 0 Å². The van der Waals surface area contributed by atoms with Crippen molar-refractivity contribution in [3.05, 3.63) is 44.9 Å². The van der Waals surface area contributed by atoms with Gasteiger partial charge < -0.3 is 10.3 Å². The molecule has 0 saturated carbocycles. The van der Waals surface area contributed by atoms with Crippen molar-refractivity contribution in [2.75, 3.05) is 0 Å². The van der Waals surface area contributed by atoms with Gasteiger partial charge >= 0.3 is 0 Å². The van der Waals surface area contributed by atoms with Gasteiger partial charge in [-0.15, -0.1) is 11.3 Å². The highest BCUT2D eigenvalue weighted by Crippen LogP contribution is 2.29. The van der Waals surface area contributed by atoms with Crippen LogP contribution in [0, 0.1) is 0 Å². The molecule has 90 valence electrons. The third-order valence-corrected chi connectivity index (χ3v) is 4.54. The van der Waals surface area contributed by atoms with E-state index in [4.69, 9.17) is 17.3 Å². The van der Waals surface area contributed by atoms with Gasteiger partial charge in [0.15, 0.2) is 0 Å². The summed E-state index contributed by atoms with van der Waals surface area (Å²) < 4.78 is 3.09. The molecule has 17 heavy (non-hydrogen) atoms. The summed E-state index contributed by atoms with van der Waals surface area (Å²) in [6.07, 6.45) is 7.93. The largest absolute Gasteiger partial charge is 0.348 e. The second-order valence-corrected chi connectivity index (χ2v) is 6.42. The Bertz CT molecular complexity index is 529. The van der Waals surface area contributed by atoms with Crippen LogP contribution in [-0.2, 0) is 13.0 Å². The zero-order valence-electron chi connectivity index (χ0n) is 9.53. The zero-order valence-corrected chi connectivity index (χ0v) is 11.1. The minimum Gasteiger partial charge on any atom is -0.348 e. The second-order valence-electron chi connectivity index (χ2n) is 4.62. The van der Waals surface area contributed by atoms with Crippen molar-refractivity contribution in [1.82, 2.24) is 4.57 Å². The molecule has 2 nitrogen and oxygen atoms in total. The number of rotatable bonds is 2. The first-order valence-electron chi connectivity index (χ1n) is 5.91. The number of aryl methyl sites for hydroxylation is 1. The summed E-state index contributed by atoms with van der Waals surface area (Å²) in [6, 6.07) is 4.27. The lowest BCUT2D eigenvalue weighted by atomic mass is 9.92. The second kappa shape index (κ2) is 4.48. The van der Waals surface area contributed by atoms with Crippen LogP contribution in [0.2, 0.25) is 4.34 Å². The van der Waals surface area contributed by atoms with Gasteiger partial charge in [-0.2, -0.15) is 0 Å². The molecule has 2 aromatic heterocycles. The molecule has 0 saturated heterocycles. The lowest BCUT2D eigenvalue weighted by molar-refractivity contribution is 0.573. The summed E-state index contributed by atoms with van der Waals surface area (Å²) >= 11 is 7.58. The number of hydrogen-bond donors (Lipinski definition) is 1. The zero-order chi connectivity index (χ0) is 11.8. The summed E-state index contributed by atoms with van der Waals surface area (Å²) in [5.74, 6) is 0. The van der Waals surface area contributed by atoms with Crippen LogP contribution in [0.4, 0.5) is 0 Å². The molecule has 0 radical (unpaired) electrons. The van der Waals surface area contributed by atoms with E-state index in [1.807, 2.05) is 6.07 Å². The maximum atomic E-state index is 6.13. The van der Waals surface area contributed by atoms with Crippen LogP contribution in [0.25, 0.3) is 0 Å². The molecule has 3 rings (SSSR count). The van der Waals surface area contributed by atoms with E-state index in [-0.39, 0.29) is 6.04 Å². The van der Waals surface area contributed by atoms with E-state index in [9.17, 15) is 0 Å². The molecule has 0 aromatic carbocycles. The van der Waals surface area contributed by atoms with E-state index in [1.54, 1.807) is 11.3 Å². The summed E-state index contributed by atoms with van der Waals surface area (Å²) in [4.78, 5) is 1.29. The standard InChI is InChI=1S/C13H15ClN2S/c14-13-5-4-10(17-13)7-16-6-9-2-1-3-12(15)11(9)8-16/h4-6,8,12H,1-3,7,15H2. The van der Waals surface area contributed by atoms with E-state index < -0.39 is 0 Å². The van der Waals surface area contributed by atoms with Crippen molar-refractivity contribution < 1.29 is 0 Å². The monoisotopic (exact) mass is 266 g/mol. The highest BCUT2D eigenvalue weighted by atomic mass is 35.5. The first-order chi connectivity index (χ1) is 8.22. The number of nitrogens with zero attached hydrogens (tertiary/aromatic N) is 1. The number of nitrogens with two attached hydrogens (primary N) is 1. The fourth-order valence-electron chi connectivity index (χ4n) is 2.49. The summed E-state index contributed by atoms with van der Waals surface area (Å²) in [7, 11) is 0. The third kappa shape index (κ3) is 2.28. The van der Waals surface area contributed by atoms with Gasteiger partial charge in [0.1, 0.15) is 0 Å². The maximum Gasteiger partial charge on any atom is 0.0931 e. The number of halogens is 1. The number of aromatic nitrogens is 1. The topological polar surface area (TPSA) is 30.9 Å². The lowest BCUT2D eigenvalue weighted by Crippen LogP contribution is -2.15. The molecule has 2 heterocycles. The molecule has 4 heteroatoms. The van der Waals surface area contributed by atoms with E-state index in [0.29, 0.717) is 0 Å². The van der Waals surface area contributed by atoms with Gasteiger partial charge in [0.05, 0.1) is 10.9 Å². The average Bonchev–Trinajstić information content (AvgIpc) is 2.86. The fourth-order valence-corrected chi connectivity index (χ4v) is 3.59. The van der Waals surface area contributed by atoms with Gasteiger partial charge in [0, 0.05) is 23.3 Å². The summed E-state index contributed by atoms with van der Waals surface area (Å²) in [5, 5.41) is 0. The van der Waals surface area contributed by atoms with Crippen molar-refractivity contribution in [3.8, 4) is 0 Å². The lowest BCUT2D eigenvalue weighted by Gasteiger charge is -2.17. The molecule has 2 aromatic rings. The van der Waals surface area contributed by atoms with Crippen LogP contribution in [-0.4, -0.2) is 4.57 Å². The molecule has 2 N–H and O–H groups in total. The molecular formula is C13H15ClN2S. The Morgan fingerprint density at radius 1 is 1.41 bits per heavy atom. The third-order valence-electron chi connectivity index (χ3n) is 3.33. The van der Waals surface area contributed by atoms with Crippen molar-refractivity contribution in [2.45, 2.75) is 31.8 Å². The van der Waals surface area contributed by atoms with Crippen molar-refractivity contribution in [3.63, 3.8) is 0 Å². The van der Waals surface area contributed by atoms with Crippen molar-refractivity contribution in [1.29, 1.82) is 0 Å². The van der Waals surface area contributed by atoms with Gasteiger partial charge in [0.25, 0.3) is 0 Å². The van der Waals surface area contributed by atoms with Crippen LogP contribution in [0.15, 0.2) is 24.5 Å². The Labute approximate surface area is 110 Å². The molecule has 1 unspecified atom stereocenters. The van der Waals surface area contributed by atoms with E-state index >= 15 is 0 Å². The Morgan fingerprint density at radius 3 is 3.00 bits per heavy atom. The molecular weight excluding hydrogens is 252 g/mol. The molecule has 0 bridgehead atoms. The smallest absolute Gasteiger partial charge is 0.0931 e. The molecule has 1 atom stereocenters. The predicted molar refractivity (Wildman–Crippen MR) is 72.7 cm³/mol. The van der Waals surface area contributed by atoms with Gasteiger partial charge in [-0.3, -0.25) is 0 Å². The van der Waals surface area contributed by atoms with Gasteiger partial charge in [-0.05, 0) is 42.5 Å². The first kappa shape index (κ1) is 11.3. The van der Waals surface area contributed by atoms with Crippen molar-refractivity contribution in [2.24, 2.45) is 5.73 Å². The fraction of sp³-hybridized carbons (Fsp3) is 0.385. The van der Waals surface area contributed by atoms with Gasteiger partial charge in [-0.25, -0.2) is 0 Å². The van der Waals surface area contributed by atoms with Gasteiger partial charge in [-0.1, -0.05) is 11.6 Å². The van der Waals surface area contributed by atoms with Crippen LogP contribution < -0.4 is 5.73 Å². The number of thiophene rings is 1.